The van der Waals surface area contributed by atoms with Gasteiger partial charge >= 0.3 is 0 Å². The minimum absolute atomic E-state index is 0. The van der Waals surface area contributed by atoms with Crippen LogP contribution in [-0.2, 0) is 21.1 Å². The van der Waals surface area contributed by atoms with Gasteiger partial charge in [0, 0.05) is 21.1 Å². The Morgan fingerprint density at radius 2 is 0.279 bits per heavy atom. The number of hydrogen-bond donors (Lipinski definition) is 0. The predicted octanol–water partition coefficient (Wildman–Crippen LogP) is 4.56. The number of rotatable bonds is 0. The molecule has 0 saturated heterocycles. The van der Waals surface area contributed by atoms with Crippen molar-refractivity contribution in [1.29, 1.82) is 0 Å². The molecule has 0 spiro atoms. The minimum atomic E-state index is 0. The van der Waals surface area contributed by atoms with Gasteiger partial charge in [-0.15, -0.1) is 34.5 Å². The molecule has 0 unspecified atom stereocenters. The fourth-order valence-electron chi connectivity index (χ4n) is 2.52. The van der Waals surface area contributed by atoms with Crippen LogP contribution in [0.2, 0.25) is 0 Å². The number of benzene rings is 6. The molecule has 0 aliphatic heterocycles. The van der Waals surface area contributed by atoms with Crippen LogP contribution in [0.4, 0.5) is 0 Å². The fraction of sp³-hybridized carbons (Fsp3) is 0. The first-order valence-electron chi connectivity index (χ1n) is 12.7. The molecule has 43 heavy (non-hydrogen) atoms. The average molecular weight is 742 g/mol. The second kappa shape index (κ2) is 25.8. The fourth-order valence-corrected chi connectivity index (χ4v) is 2.52. The molecule has 0 fully saturated rings. The second-order valence-electron chi connectivity index (χ2n) is 7.88. The number of hydrogen-bond acceptors (Lipinski definition) is 6. The van der Waals surface area contributed by atoms with Gasteiger partial charge < -0.3 is 30.6 Å². The molecule has 0 atom stereocenters. The Hall–Kier alpha value is -5.19. The van der Waals surface area contributed by atoms with Gasteiger partial charge in [0.25, 0.3) is 0 Å². The van der Waals surface area contributed by atoms with Crippen molar-refractivity contribution in [3.63, 3.8) is 0 Å². The third kappa shape index (κ3) is 24.3. The van der Waals surface area contributed by atoms with Crippen LogP contribution >= 0.6 is 0 Å². The van der Waals surface area contributed by atoms with E-state index in [1.807, 2.05) is 36.4 Å². The topological polar surface area (TPSA) is 138 Å². The van der Waals surface area contributed by atoms with Crippen molar-refractivity contribution in [2.45, 2.75) is 0 Å². The summed E-state index contributed by atoms with van der Waals surface area (Å²) in [5.41, 5.74) is 0. The third-order valence-corrected chi connectivity index (χ3v) is 4.46. The van der Waals surface area contributed by atoms with Gasteiger partial charge in [0.1, 0.15) is 0 Å². The molecule has 222 valence electrons. The Morgan fingerprint density at radius 3 is 0.326 bits per heavy atom. The van der Waals surface area contributed by atoms with Crippen molar-refractivity contribution in [3.8, 4) is 34.5 Å². The van der Waals surface area contributed by atoms with Crippen LogP contribution in [0.3, 0.4) is 0 Å². The smallest absolute Gasteiger partial charge is 0 e. The van der Waals surface area contributed by atoms with Crippen molar-refractivity contribution in [3.05, 3.63) is 182 Å². The molecular formula is C36H30O6W-6. The molecule has 0 aliphatic rings. The van der Waals surface area contributed by atoms with Crippen LogP contribution < -0.4 is 30.6 Å². The molecule has 0 radical (unpaired) electrons. The summed E-state index contributed by atoms with van der Waals surface area (Å²) in [5.74, 6) is 0.431. The molecule has 0 amide bonds. The zero-order chi connectivity index (χ0) is 30.7. The maximum Gasteiger partial charge on any atom is 0 e. The summed E-state index contributed by atoms with van der Waals surface area (Å²) in [7, 11) is 0. The maximum absolute atomic E-state index is 10.3. The average Bonchev–Trinajstić information content (AvgIpc) is 3.01. The zero-order valence-corrected chi connectivity index (χ0v) is 26.1. The van der Waals surface area contributed by atoms with Crippen molar-refractivity contribution in [2.75, 3.05) is 0 Å². The van der Waals surface area contributed by atoms with E-state index in [1.165, 1.54) is 72.8 Å². The molecule has 6 rings (SSSR count). The summed E-state index contributed by atoms with van der Waals surface area (Å²) >= 11 is 0. The standard InChI is InChI=1S/6C6H6O.W/c6*7-6-4-2-1-3-5-6;/h6*1-5,7H;/p-6. The van der Waals surface area contributed by atoms with E-state index in [1.54, 1.807) is 72.8 Å². The van der Waals surface area contributed by atoms with E-state index in [0.29, 0.717) is 0 Å². The van der Waals surface area contributed by atoms with Crippen molar-refractivity contribution < 1.29 is 51.7 Å². The maximum atomic E-state index is 10.3. The quantitative estimate of drug-likeness (QED) is 0.224. The third-order valence-electron chi connectivity index (χ3n) is 4.46. The first-order chi connectivity index (χ1) is 20.4. The summed E-state index contributed by atoms with van der Waals surface area (Å²) in [5, 5.41) is 61.6. The predicted molar refractivity (Wildman–Crippen MR) is 155 cm³/mol. The van der Waals surface area contributed by atoms with E-state index in [9.17, 15) is 30.6 Å². The van der Waals surface area contributed by atoms with Gasteiger partial charge in [-0.2, -0.15) is 0 Å². The summed E-state index contributed by atoms with van der Waals surface area (Å²) in [6.07, 6.45) is 0. The molecule has 6 aromatic carbocycles. The van der Waals surface area contributed by atoms with Gasteiger partial charge in [0.15, 0.2) is 0 Å². The number of para-hydroxylation sites is 6. The summed E-state index contributed by atoms with van der Waals surface area (Å²) < 4.78 is 0. The van der Waals surface area contributed by atoms with Crippen LogP contribution in [-0.4, -0.2) is 0 Å². The van der Waals surface area contributed by atoms with Crippen LogP contribution in [0, 0.1) is 0 Å². The molecule has 6 nitrogen and oxygen atoms in total. The molecule has 7 heteroatoms. The van der Waals surface area contributed by atoms with E-state index in [0.717, 1.165) is 0 Å². The van der Waals surface area contributed by atoms with E-state index < -0.39 is 0 Å². The van der Waals surface area contributed by atoms with Gasteiger partial charge in [-0.3, -0.25) is 0 Å². The SMILES string of the molecule is [O-]c1ccccc1.[O-]c1ccccc1.[O-]c1ccccc1.[O-]c1ccccc1.[O-]c1ccccc1.[O-]c1ccccc1.[W]. The summed E-state index contributed by atoms with van der Waals surface area (Å²) in [6, 6.07) is 50.0. The van der Waals surface area contributed by atoms with Crippen LogP contribution in [0.25, 0.3) is 0 Å². The van der Waals surface area contributed by atoms with Crippen LogP contribution in [0.15, 0.2) is 182 Å². The van der Waals surface area contributed by atoms with E-state index in [-0.39, 0.29) is 55.6 Å². The second-order valence-corrected chi connectivity index (χ2v) is 7.88. The molecule has 0 heterocycles. The largest absolute Gasteiger partial charge is 0.872 e. The molecule has 0 bridgehead atoms. The van der Waals surface area contributed by atoms with E-state index in [2.05, 4.69) is 0 Å². The normalized spacial score (nSPS) is 8.37. The van der Waals surface area contributed by atoms with Gasteiger partial charge in [0.2, 0.25) is 0 Å². The molecule has 6 aromatic rings. The van der Waals surface area contributed by atoms with Crippen molar-refractivity contribution in [1.82, 2.24) is 0 Å². The van der Waals surface area contributed by atoms with E-state index >= 15 is 0 Å². The van der Waals surface area contributed by atoms with E-state index in [4.69, 9.17) is 0 Å². The minimum Gasteiger partial charge on any atom is -0.872 e. The van der Waals surface area contributed by atoms with Gasteiger partial charge in [-0.05, 0) is 0 Å². The Kier molecular flexibility index (Phi) is 22.6. The molecule has 0 aliphatic carbocycles. The summed E-state index contributed by atoms with van der Waals surface area (Å²) in [6.45, 7) is 0. The Morgan fingerprint density at radius 1 is 0.186 bits per heavy atom. The molecule has 0 saturated carbocycles. The zero-order valence-electron chi connectivity index (χ0n) is 23.2. The molecule has 0 N–H and O–H groups in total. The Bertz CT molecular complexity index is 1100. The first-order valence-corrected chi connectivity index (χ1v) is 12.7. The Labute approximate surface area is 267 Å². The molecular weight excluding hydrogens is 712 g/mol. The van der Waals surface area contributed by atoms with Crippen LogP contribution in [0.1, 0.15) is 0 Å². The monoisotopic (exact) mass is 742 g/mol. The summed E-state index contributed by atoms with van der Waals surface area (Å²) in [4.78, 5) is 0. The van der Waals surface area contributed by atoms with Crippen LogP contribution in [0.5, 0.6) is 34.5 Å². The van der Waals surface area contributed by atoms with Crippen molar-refractivity contribution >= 4 is 0 Å². The Balaban J connectivity index is 0.000000490. The van der Waals surface area contributed by atoms with Gasteiger partial charge in [0.05, 0.1) is 0 Å². The molecule has 0 aromatic heterocycles. The van der Waals surface area contributed by atoms with Gasteiger partial charge in [-0.25, -0.2) is 0 Å². The van der Waals surface area contributed by atoms with Crippen molar-refractivity contribution in [2.24, 2.45) is 0 Å². The first kappa shape index (κ1) is 37.8. The van der Waals surface area contributed by atoms with Gasteiger partial charge in [-0.1, -0.05) is 182 Å².